The molecule has 1 aromatic carbocycles. The second-order valence-electron chi connectivity index (χ2n) is 4.71. The molecule has 1 N–H and O–H groups in total. The highest BCUT2D eigenvalue weighted by Gasteiger charge is 2.27. The first kappa shape index (κ1) is 13.6. The molecule has 0 saturated heterocycles. The molecular weight excluding hydrogens is 386 g/mol. The van der Waals surface area contributed by atoms with E-state index in [0.29, 0.717) is 11.3 Å². The number of fused-ring (bicyclic) bond motifs is 1. The van der Waals surface area contributed by atoms with Gasteiger partial charge in [0.1, 0.15) is 11.5 Å². The third kappa shape index (κ3) is 2.25. The zero-order valence-electron chi connectivity index (χ0n) is 10.9. The van der Waals surface area contributed by atoms with Crippen LogP contribution in [0.15, 0.2) is 31.6 Å². The van der Waals surface area contributed by atoms with E-state index in [1.807, 2.05) is 32.0 Å². The Labute approximate surface area is 133 Å². The Morgan fingerprint density at radius 2 is 1.95 bits per heavy atom. The van der Waals surface area contributed by atoms with Gasteiger partial charge in [0.15, 0.2) is 0 Å². The van der Waals surface area contributed by atoms with Crippen molar-refractivity contribution in [2.24, 2.45) is 0 Å². The van der Waals surface area contributed by atoms with Crippen molar-refractivity contribution in [1.29, 1.82) is 0 Å². The van der Waals surface area contributed by atoms with Crippen molar-refractivity contribution in [2.45, 2.75) is 13.8 Å². The van der Waals surface area contributed by atoms with Crippen molar-refractivity contribution in [1.82, 2.24) is 0 Å². The molecule has 0 saturated carbocycles. The average Bonchev–Trinajstić information content (AvgIpc) is 2.83. The van der Waals surface area contributed by atoms with Crippen LogP contribution in [0.1, 0.15) is 22.6 Å². The maximum Gasteiger partial charge on any atom is 0.256 e. The molecular formula is C15H11Br2NO2. The van der Waals surface area contributed by atoms with Crippen LogP contribution in [0, 0.1) is 13.8 Å². The summed E-state index contributed by atoms with van der Waals surface area (Å²) in [5, 5.41) is 2.87. The van der Waals surface area contributed by atoms with Gasteiger partial charge in [-0.2, -0.15) is 0 Å². The molecule has 3 rings (SSSR count). The minimum absolute atomic E-state index is 0.120. The number of nitrogens with one attached hydrogen (secondary N) is 1. The topological polar surface area (TPSA) is 42.2 Å². The average molecular weight is 397 g/mol. The zero-order valence-corrected chi connectivity index (χ0v) is 14.1. The summed E-state index contributed by atoms with van der Waals surface area (Å²) in [6.45, 7) is 3.89. The normalized spacial score (nSPS) is 15.6. The highest BCUT2D eigenvalue weighted by molar-refractivity contribution is 9.11. The van der Waals surface area contributed by atoms with Crippen molar-refractivity contribution >= 4 is 55.1 Å². The molecule has 0 bridgehead atoms. The molecule has 2 aromatic rings. The lowest BCUT2D eigenvalue weighted by Gasteiger charge is -2.02. The second kappa shape index (κ2) is 4.90. The van der Waals surface area contributed by atoms with Crippen LogP contribution in [0.2, 0.25) is 0 Å². The Bertz CT molecular complexity index is 740. The Hall–Kier alpha value is -1.33. The van der Waals surface area contributed by atoms with Crippen molar-refractivity contribution in [3.63, 3.8) is 0 Å². The van der Waals surface area contributed by atoms with Crippen LogP contribution in [-0.2, 0) is 4.79 Å². The molecule has 0 aliphatic carbocycles. The summed E-state index contributed by atoms with van der Waals surface area (Å²) in [6.07, 6.45) is 1.78. The number of amides is 1. The predicted molar refractivity (Wildman–Crippen MR) is 86.5 cm³/mol. The lowest BCUT2D eigenvalue weighted by atomic mass is 10.1. The summed E-state index contributed by atoms with van der Waals surface area (Å²) in [7, 11) is 0. The first-order valence-electron chi connectivity index (χ1n) is 6.05. The number of aryl methyl sites for hydroxylation is 2. The summed E-state index contributed by atoms with van der Waals surface area (Å²) >= 11 is 6.90. The quantitative estimate of drug-likeness (QED) is 0.695. The molecule has 1 amide bonds. The van der Waals surface area contributed by atoms with Crippen LogP contribution in [0.3, 0.4) is 0 Å². The van der Waals surface area contributed by atoms with Gasteiger partial charge >= 0.3 is 0 Å². The van der Waals surface area contributed by atoms with Crippen LogP contribution >= 0.6 is 31.9 Å². The molecule has 0 fully saturated rings. The Morgan fingerprint density at radius 1 is 1.20 bits per heavy atom. The van der Waals surface area contributed by atoms with Crippen LogP contribution in [-0.4, -0.2) is 5.91 Å². The standard InChI is InChI=1S/C15H11Br2NO2/c1-7-3-10(20-8(7)2)6-12-11-4-9(16)5-13(17)14(11)18-15(12)19/h3-6H,1-2H3,(H,18,19). The van der Waals surface area contributed by atoms with Crippen molar-refractivity contribution in [3.8, 4) is 0 Å². The maximum atomic E-state index is 12.1. The Balaban J connectivity index is 2.14. The first-order chi connectivity index (χ1) is 9.45. The molecule has 0 unspecified atom stereocenters. The van der Waals surface area contributed by atoms with E-state index in [1.54, 1.807) is 6.08 Å². The van der Waals surface area contributed by atoms with Gasteiger partial charge in [0.25, 0.3) is 5.91 Å². The third-order valence-corrected chi connectivity index (χ3v) is 4.38. The van der Waals surface area contributed by atoms with E-state index in [9.17, 15) is 4.79 Å². The number of anilines is 1. The van der Waals surface area contributed by atoms with Crippen LogP contribution in [0.5, 0.6) is 0 Å². The summed E-state index contributed by atoms with van der Waals surface area (Å²) in [4.78, 5) is 12.1. The molecule has 1 aliphatic heterocycles. The maximum absolute atomic E-state index is 12.1. The van der Waals surface area contributed by atoms with Gasteiger partial charge in [-0.05, 0) is 59.6 Å². The number of hydrogen-bond donors (Lipinski definition) is 1. The minimum Gasteiger partial charge on any atom is -0.462 e. The number of rotatable bonds is 1. The number of carbonyl (C=O) groups excluding carboxylic acids is 1. The Morgan fingerprint density at radius 3 is 2.60 bits per heavy atom. The summed E-state index contributed by atoms with van der Waals surface area (Å²) in [5.41, 5.74) is 3.34. The fourth-order valence-corrected chi connectivity index (χ4v) is 3.50. The van der Waals surface area contributed by atoms with Gasteiger partial charge in [-0.3, -0.25) is 4.79 Å². The van der Waals surface area contributed by atoms with Crippen molar-refractivity contribution in [2.75, 3.05) is 5.32 Å². The van der Waals surface area contributed by atoms with Gasteiger partial charge in [-0.1, -0.05) is 15.9 Å². The second-order valence-corrected chi connectivity index (χ2v) is 6.48. The van der Waals surface area contributed by atoms with Crippen LogP contribution < -0.4 is 5.32 Å². The molecule has 0 spiro atoms. The molecule has 0 atom stereocenters. The molecule has 20 heavy (non-hydrogen) atoms. The highest BCUT2D eigenvalue weighted by atomic mass is 79.9. The highest BCUT2D eigenvalue weighted by Crippen LogP contribution is 2.40. The van der Waals surface area contributed by atoms with Gasteiger partial charge < -0.3 is 9.73 Å². The van der Waals surface area contributed by atoms with Crippen molar-refractivity contribution in [3.05, 3.63) is 49.8 Å². The van der Waals surface area contributed by atoms with E-state index in [2.05, 4.69) is 37.2 Å². The fraction of sp³-hybridized carbons (Fsp3) is 0.133. The lowest BCUT2D eigenvalue weighted by molar-refractivity contribution is -0.110. The lowest BCUT2D eigenvalue weighted by Crippen LogP contribution is -2.03. The van der Waals surface area contributed by atoms with E-state index < -0.39 is 0 Å². The molecule has 1 aliphatic rings. The van der Waals surface area contributed by atoms with Gasteiger partial charge in [-0.25, -0.2) is 0 Å². The monoisotopic (exact) mass is 395 g/mol. The van der Waals surface area contributed by atoms with E-state index in [1.165, 1.54) is 0 Å². The SMILES string of the molecule is Cc1cc(C=C2C(=O)Nc3c(Br)cc(Br)cc32)oc1C. The van der Waals surface area contributed by atoms with Gasteiger partial charge in [-0.15, -0.1) is 0 Å². The van der Waals surface area contributed by atoms with Crippen LogP contribution in [0.4, 0.5) is 5.69 Å². The van der Waals surface area contributed by atoms with Gasteiger partial charge in [0, 0.05) is 14.5 Å². The summed E-state index contributed by atoms with van der Waals surface area (Å²) < 4.78 is 7.39. The molecule has 5 heteroatoms. The minimum atomic E-state index is -0.120. The molecule has 2 heterocycles. The van der Waals surface area contributed by atoms with E-state index in [0.717, 1.165) is 31.5 Å². The van der Waals surface area contributed by atoms with Crippen molar-refractivity contribution < 1.29 is 9.21 Å². The molecule has 3 nitrogen and oxygen atoms in total. The molecule has 102 valence electrons. The first-order valence-corrected chi connectivity index (χ1v) is 7.64. The summed E-state index contributed by atoms with van der Waals surface area (Å²) in [5.74, 6) is 1.44. The number of carbonyl (C=O) groups is 1. The number of furan rings is 1. The predicted octanol–water partition coefficient (Wildman–Crippen LogP) is 4.91. The van der Waals surface area contributed by atoms with Gasteiger partial charge in [0.2, 0.25) is 0 Å². The number of benzene rings is 1. The largest absolute Gasteiger partial charge is 0.462 e. The molecule has 1 aromatic heterocycles. The smallest absolute Gasteiger partial charge is 0.256 e. The van der Waals surface area contributed by atoms with Gasteiger partial charge in [0.05, 0.1) is 11.3 Å². The number of hydrogen-bond acceptors (Lipinski definition) is 2. The van der Waals surface area contributed by atoms with E-state index in [-0.39, 0.29) is 5.91 Å². The fourth-order valence-electron chi connectivity index (χ4n) is 2.17. The third-order valence-electron chi connectivity index (χ3n) is 3.30. The molecule has 0 radical (unpaired) electrons. The van der Waals surface area contributed by atoms with E-state index >= 15 is 0 Å². The summed E-state index contributed by atoms with van der Waals surface area (Å²) in [6, 6.07) is 5.76. The van der Waals surface area contributed by atoms with Crippen LogP contribution in [0.25, 0.3) is 11.6 Å². The number of halogens is 2. The Kier molecular flexibility index (Phi) is 3.34. The van der Waals surface area contributed by atoms with E-state index in [4.69, 9.17) is 4.42 Å². The zero-order chi connectivity index (χ0) is 14.4.